The molecule has 2 N–H and O–H groups in total. The Labute approximate surface area is 117 Å². The summed E-state index contributed by atoms with van der Waals surface area (Å²) in [6.45, 7) is 3.26. The monoisotopic (exact) mass is 278 g/mol. The van der Waals surface area contributed by atoms with Gasteiger partial charge >= 0.3 is 6.03 Å². The van der Waals surface area contributed by atoms with E-state index >= 15 is 0 Å². The minimum atomic E-state index is -0.891. The molecule has 3 amide bonds. The first-order valence-electron chi connectivity index (χ1n) is 6.31. The number of imide groups is 1. The summed E-state index contributed by atoms with van der Waals surface area (Å²) in [5.41, 5.74) is 0.426. The maximum Gasteiger partial charge on any atom is 0.321 e. The quantitative estimate of drug-likeness (QED) is 0.799. The van der Waals surface area contributed by atoms with Crippen molar-refractivity contribution in [2.75, 3.05) is 7.05 Å². The second-order valence-electron chi connectivity index (χ2n) is 4.10. The van der Waals surface area contributed by atoms with E-state index in [1.807, 2.05) is 0 Å². The fraction of sp³-hybridized carbons (Fsp3) is 0.357. The van der Waals surface area contributed by atoms with Gasteiger partial charge in [-0.05, 0) is 19.1 Å². The topological polar surface area (TPSA) is 84.5 Å². The molecule has 0 aliphatic carbocycles. The number of carbonyl (C=O) groups excluding carboxylic acids is 3. The first-order chi connectivity index (χ1) is 9.49. The van der Waals surface area contributed by atoms with Crippen molar-refractivity contribution >= 4 is 17.7 Å². The number of ether oxygens (including phenoxy) is 1. The molecule has 6 nitrogen and oxygen atoms in total. The highest BCUT2D eigenvalue weighted by atomic mass is 16.5. The molecule has 0 bridgehead atoms. The highest BCUT2D eigenvalue weighted by Gasteiger charge is 2.19. The van der Waals surface area contributed by atoms with Gasteiger partial charge in [0.2, 0.25) is 0 Å². The number of urea groups is 1. The van der Waals surface area contributed by atoms with Crippen molar-refractivity contribution < 1.29 is 19.1 Å². The van der Waals surface area contributed by atoms with Gasteiger partial charge in [0.15, 0.2) is 11.9 Å². The molecule has 0 saturated heterocycles. The van der Waals surface area contributed by atoms with Crippen LogP contribution in [-0.4, -0.2) is 30.9 Å². The Morgan fingerprint density at radius 1 is 1.25 bits per heavy atom. The van der Waals surface area contributed by atoms with Gasteiger partial charge in [-0.25, -0.2) is 4.79 Å². The molecule has 0 saturated carbocycles. The van der Waals surface area contributed by atoms with Crippen molar-refractivity contribution in [1.82, 2.24) is 10.6 Å². The van der Waals surface area contributed by atoms with E-state index in [-0.39, 0.29) is 5.78 Å². The van der Waals surface area contributed by atoms with Crippen LogP contribution in [0, 0.1) is 0 Å². The van der Waals surface area contributed by atoms with Crippen molar-refractivity contribution in [1.29, 1.82) is 0 Å². The van der Waals surface area contributed by atoms with Gasteiger partial charge in [0.25, 0.3) is 5.91 Å². The van der Waals surface area contributed by atoms with E-state index in [0.29, 0.717) is 17.7 Å². The van der Waals surface area contributed by atoms with Crippen LogP contribution in [0.15, 0.2) is 24.3 Å². The Morgan fingerprint density at radius 3 is 2.50 bits per heavy atom. The maximum absolute atomic E-state index is 11.8. The number of nitrogens with one attached hydrogen (secondary N) is 2. The Balaban J connectivity index is 2.80. The summed E-state index contributed by atoms with van der Waals surface area (Å²) in [6, 6.07) is 6.09. The molecule has 6 heteroatoms. The number of para-hydroxylation sites is 1. The van der Waals surface area contributed by atoms with Crippen LogP contribution in [0.4, 0.5) is 4.79 Å². The van der Waals surface area contributed by atoms with Crippen molar-refractivity contribution in [3.05, 3.63) is 29.8 Å². The van der Waals surface area contributed by atoms with E-state index in [4.69, 9.17) is 4.74 Å². The molecule has 1 aromatic rings. The molecule has 1 unspecified atom stereocenters. The molecule has 0 radical (unpaired) electrons. The SMILES string of the molecule is CCC(=O)c1ccccc1OC(C)C(=O)NC(=O)NC. The molecular formula is C14H18N2O4. The van der Waals surface area contributed by atoms with Crippen LogP contribution in [-0.2, 0) is 4.79 Å². The highest BCUT2D eigenvalue weighted by molar-refractivity contribution is 5.99. The van der Waals surface area contributed by atoms with Crippen LogP contribution in [0.2, 0.25) is 0 Å². The van der Waals surface area contributed by atoms with Crippen LogP contribution < -0.4 is 15.4 Å². The van der Waals surface area contributed by atoms with Gasteiger partial charge in [0.1, 0.15) is 5.75 Å². The van der Waals surface area contributed by atoms with Crippen LogP contribution >= 0.6 is 0 Å². The third-order valence-electron chi connectivity index (χ3n) is 2.65. The molecule has 20 heavy (non-hydrogen) atoms. The third kappa shape index (κ3) is 4.08. The number of amides is 3. The largest absolute Gasteiger partial charge is 0.480 e. The lowest BCUT2D eigenvalue weighted by molar-refractivity contribution is -0.126. The first-order valence-corrected chi connectivity index (χ1v) is 6.31. The summed E-state index contributed by atoms with van der Waals surface area (Å²) >= 11 is 0. The van der Waals surface area contributed by atoms with E-state index in [0.717, 1.165) is 0 Å². The molecule has 0 aliphatic heterocycles. The van der Waals surface area contributed by atoms with Gasteiger partial charge in [0, 0.05) is 13.5 Å². The van der Waals surface area contributed by atoms with Gasteiger partial charge in [-0.15, -0.1) is 0 Å². The molecule has 0 heterocycles. The standard InChI is InChI=1S/C14H18N2O4/c1-4-11(17)10-7-5-6-8-12(10)20-9(2)13(18)16-14(19)15-3/h5-9H,4H2,1-3H3,(H2,15,16,18,19). The summed E-state index contributed by atoms with van der Waals surface area (Å²) in [5.74, 6) is -0.318. The Bertz CT molecular complexity index is 514. The fourth-order valence-corrected chi connectivity index (χ4v) is 1.51. The highest BCUT2D eigenvalue weighted by Crippen LogP contribution is 2.20. The lowest BCUT2D eigenvalue weighted by Gasteiger charge is -2.16. The second kappa shape index (κ2) is 7.28. The summed E-state index contributed by atoms with van der Waals surface area (Å²) < 4.78 is 5.46. The van der Waals surface area contributed by atoms with Crippen LogP contribution in [0.1, 0.15) is 30.6 Å². The summed E-state index contributed by atoms with van der Waals surface area (Å²) in [6.07, 6.45) is -0.544. The number of rotatable bonds is 5. The molecule has 108 valence electrons. The zero-order valence-corrected chi connectivity index (χ0v) is 11.7. The third-order valence-corrected chi connectivity index (χ3v) is 2.65. The first kappa shape index (κ1) is 15.7. The lowest BCUT2D eigenvalue weighted by Crippen LogP contribution is -2.44. The summed E-state index contributed by atoms with van der Waals surface area (Å²) in [5, 5.41) is 4.39. The maximum atomic E-state index is 11.8. The van der Waals surface area contributed by atoms with Gasteiger partial charge < -0.3 is 10.1 Å². The molecule has 0 fully saturated rings. The van der Waals surface area contributed by atoms with E-state index in [1.165, 1.54) is 14.0 Å². The van der Waals surface area contributed by atoms with Crippen molar-refractivity contribution in [2.24, 2.45) is 0 Å². The fourth-order valence-electron chi connectivity index (χ4n) is 1.51. The molecule has 1 atom stereocenters. The number of carbonyl (C=O) groups is 3. The average Bonchev–Trinajstić information content (AvgIpc) is 2.46. The van der Waals surface area contributed by atoms with Crippen molar-refractivity contribution in [3.63, 3.8) is 0 Å². The van der Waals surface area contributed by atoms with E-state index in [9.17, 15) is 14.4 Å². The summed E-state index contributed by atoms with van der Waals surface area (Å²) in [7, 11) is 1.41. The van der Waals surface area contributed by atoms with Gasteiger partial charge in [-0.3, -0.25) is 14.9 Å². The Kier molecular flexibility index (Phi) is 5.71. The van der Waals surface area contributed by atoms with Crippen LogP contribution in [0.25, 0.3) is 0 Å². The molecule has 1 aromatic carbocycles. The molecular weight excluding hydrogens is 260 g/mol. The Hall–Kier alpha value is -2.37. The molecule has 0 aliphatic rings. The van der Waals surface area contributed by atoms with Gasteiger partial charge in [-0.2, -0.15) is 0 Å². The van der Waals surface area contributed by atoms with Crippen molar-refractivity contribution in [3.8, 4) is 5.75 Å². The molecule has 0 aromatic heterocycles. The number of hydrogen-bond acceptors (Lipinski definition) is 4. The number of Topliss-reactive ketones (excluding diaryl/α,β-unsaturated/α-hetero) is 1. The number of ketones is 1. The Morgan fingerprint density at radius 2 is 1.90 bits per heavy atom. The zero-order valence-electron chi connectivity index (χ0n) is 11.7. The van der Waals surface area contributed by atoms with Gasteiger partial charge in [-0.1, -0.05) is 19.1 Å². The predicted octanol–water partition coefficient (Wildman–Crippen LogP) is 1.50. The molecule has 0 spiro atoms. The zero-order chi connectivity index (χ0) is 15.1. The normalized spacial score (nSPS) is 11.3. The summed E-state index contributed by atoms with van der Waals surface area (Å²) in [4.78, 5) is 34.5. The smallest absolute Gasteiger partial charge is 0.321 e. The lowest BCUT2D eigenvalue weighted by atomic mass is 10.1. The second-order valence-corrected chi connectivity index (χ2v) is 4.10. The van der Waals surface area contributed by atoms with Gasteiger partial charge in [0.05, 0.1) is 5.56 Å². The van der Waals surface area contributed by atoms with E-state index < -0.39 is 18.0 Å². The number of benzene rings is 1. The van der Waals surface area contributed by atoms with Crippen molar-refractivity contribution in [2.45, 2.75) is 26.4 Å². The van der Waals surface area contributed by atoms with E-state index in [1.54, 1.807) is 31.2 Å². The van der Waals surface area contributed by atoms with Crippen LogP contribution in [0.5, 0.6) is 5.75 Å². The minimum Gasteiger partial charge on any atom is -0.480 e. The molecule has 1 rings (SSSR count). The van der Waals surface area contributed by atoms with E-state index in [2.05, 4.69) is 10.6 Å². The predicted molar refractivity (Wildman–Crippen MR) is 73.8 cm³/mol. The van der Waals surface area contributed by atoms with Crippen LogP contribution in [0.3, 0.4) is 0 Å². The number of hydrogen-bond donors (Lipinski definition) is 2. The minimum absolute atomic E-state index is 0.0699. The average molecular weight is 278 g/mol.